The summed E-state index contributed by atoms with van der Waals surface area (Å²) >= 11 is 3.07. The highest BCUT2D eigenvalue weighted by Crippen LogP contribution is 2.37. The van der Waals surface area contributed by atoms with E-state index in [4.69, 9.17) is 0 Å². The van der Waals surface area contributed by atoms with Crippen molar-refractivity contribution in [2.24, 2.45) is 18.9 Å². The maximum absolute atomic E-state index is 11.9. The Morgan fingerprint density at radius 3 is 2.69 bits per heavy atom. The van der Waals surface area contributed by atoms with Crippen LogP contribution in [0.5, 0.6) is 0 Å². The van der Waals surface area contributed by atoms with Gasteiger partial charge in [-0.05, 0) is 34.2 Å². The van der Waals surface area contributed by atoms with Crippen molar-refractivity contribution in [2.75, 3.05) is 6.54 Å². The van der Waals surface area contributed by atoms with Gasteiger partial charge in [0.15, 0.2) is 4.60 Å². The molecule has 0 spiro atoms. The highest BCUT2D eigenvalue weighted by Gasteiger charge is 2.34. The number of nitrogens with one attached hydrogen (secondary N) is 1. The van der Waals surface area contributed by atoms with Crippen molar-refractivity contribution in [3.63, 3.8) is 0 Å². The fraction of sp³-hybridized carbons (Fsp3) is 0.750. The van der Waals surface area contributed by atoms with Gasteiger partial charge in [-0.25, -0.2) is 17.8 Å². The Kier molecular flexibility index (Phi) is 3.06. The number of rotatable bonds is 4. The van der Waals surface area contributed by atoms with Gasteiger partial charge >= 0.3 is 0 Å². The SMILES string of the molecule is CC1CC1CNS(=O)(=O)c1c(Br)nnn1C. The minimum absolute atomic E-state index is 0.0702. The van der Waals surface area contributed by atoms with Crippen molar-refractivity contribution in [1.82, 2.24) is 19.7 Å². The summed E-state index contributed by atoms with van der Waals surface area (Å²) in [6.07, 6.45) is 1.09. The summed E-state index contributed by atoms with van der Waals surface area (Å²) in [6.45, 7) is 2.60. The molecule has 1 heterocycles. The Bertz CT molecular complexity index is 479. The molecule has 6 nitrogen and oxygen atoms in total. The molecule has 1 aliphatic carbocycles. The van der Waals surface area contributed by atoms with Gasteiger partial charge in [0.05, 0.1) is 0 Å². The maximum atomic E-state index is 11.9. The number of aromatic nitrogens is 3. The second-order valence-corrected chi connectivity index (χ2v) is 6.57. The number of hydrogen-bond donors (Lipinski definition) is 1. The van der Waals surface area contributed by atoms with E-state index in [1.54, 1.807) is 7.05 Å². The first-order valence-corrected chi connectivity index (χ1v) is 7.24. The molecule has 8 heteroatoms. The van der Waals surface area contributed by atoms with Crippen LogP contribution in [-0.2, 0) is 17.1 Å². The number of aryl methyl sites for hydroxylation is 1. The summed E-state index contributed by atoms with van der Waals surface area (Å²) in [5.74, 6) is 1.09. The highest BCUT2D eigenvalue weighted by atomic mass is 79.9. The van der Waals surface area contributed by atoms with Gasteiger partial charge in [0.25, 0.3) is 10.0 Å². The molecule has 2 atom stereocenters. The van der Waals surface area contributed by atoms with E-state index >= 15 is 0 Å². The Labute approximate surface area is 103 Å². The molecule has 0 saturated heterocycles. The first-order valence-electron chi connectivity index (χ1n) is 4.96. The van der Waals surface area contributed by atoms with Crippen LogP contribution in [0.2, 0.25) is 0 Å². The molecule has 0 radical (unpaired) electrons. The van der Waals surface area contributed by atoms with Crippen LogP contribution in [-0.4, -0.2) is 30.0 Å². The monoisotopic (exact) mass is 308 g/mol. The molecule has 0 aliphatic heterocycles. The average Bonchev–Trinajstić information content (AvgIpc) is 2.78. The quantitative estimate of drug-likeness (QED) is 0.879. The van der Waals surface area contributed by atoms with Crippen LogP contribution in [0.25, 0.3) is 0 Å². The van der Waals surface area contributed by atoms with Crippen LogP contribution < -0.4 is 4.72 Å². The molecule has 90 valence electrons. The minimum Gasteiger partial charge on any atom is -0.235 e. The number of sulfonamides is 1. The Hall–Kier alpha value is -0.470. The van der Waals surface area contributed by atoms with Crippen molar-refractivity contribution in [3.8, 4) is 0 Å². The molecule has 2 unspecified atom stereocenters. The van der Waals surface area contributed by atoms with Gasteiger partial charge < -0.3 is 0 Å². The van der Waals surface area contributed by atoms with E-state index in [0.29, 0.717) is 18.4 Å². The van der Waals surface area contributed by atoms with Gasteiger partial charge in [-0.2, -0.15) is 0 Å². The highest BCUT2D eigenvalue weighted by molar-refractivity contribution is 9.10. The fourth-order valence-electron chi connectivity index (χ4n) is 1.58. The smallest absolute Gasteiger partial charge is 0.235 e. The van der Waals surface area contributed by atoms with Gasteiger partial charge in [-0.1, -0.05) is 12.1 Å². The minimum atomic E-state index is -3.52. The predicted molar refractivity (Wildman–Crippen MR) is 61.2 cm³/mol. The zero-order valence-electron chi connectivity index (χ0n) is 9.01. The predicted octanol–water partition coefficient (Wildman–Crippen LogP) is 0.512. The Balaban J connectivity index is 2.12. The van der Waals surface area contributed by atoms with E-state index in [1.807, 2.05) is 0 Å². The molecule has 1 aromatic rings. The number of nitrogens with zero attached hydrogens (tertiary/aromatic N) is 3. The van der Waals surface area contributed by atoms with Gasteiger partial charge in [0, 0.05) is 13.6 Å². The maximum Gasteiger partial charge on any atom is 0.260 e. The molecule has 0 bridgehead atoms. The Morgan fingerprint density at radius 2 is 2.25 bits per heavy atom. The molecule has 1 fully saturated rings. The third-order valence-electron chi connectivity index (χ3n) is 2.80. The zero-order chi connectivity index (χ0) is 11.9. The van der Waals surface area contributed by atoms with Crippen LogP contribution in [0.3, 0.4) is 0 Å². The van der Waals surface area contributed by atoms with Crippen molar-refractivity contribution < 1.29 is 8.42 Å². The standard InChI is InChI=1S/C8H13BrN4O2S/c1-5-3-6(5)4-10-16(14,15)8-7(9)11-12-13(8)2/h5-6,10H,3-4H2,1-2H3. The summed E-state index contributed by atoms with van der Waals surface area (Å²) < 4.78 is 27.9. The summed E-state index contributed by atoms with van der Waals surface area (Å²) in [6, 6.07) is 0. The summed E-state index contributed by atoms with van der Waals surface area (Å²) in [7, 11) is -1.97. The van der Waals surface area contributed by atoms with Gasteiger partial charge in [-0.3, -0.25) is 0 Å². The van der Waals surface area contributed by atoms with E-state index in [1.165, 1.54) is 4.68 Å². The van der Waals surface area contributed by atoms with E-state index in [0.717, 1.165) is 6.42 Å². The lowest BCUT2D eigenvalue weighted by atomic mass is 10.3. The molecular weight excluding hydrogens is 296 g/mol. The molecule has 1 aromatic heterocycles. The van der Waals surface area contributed by atoms with Gasteiger partial charge in [0.1, 0.15) is 0 Å². The topological polar surface area (TPSA) is 76.9 Å². The molecule has 0 aromatic carbocycles. The van der Waals surface area contributed by atoms with Gasteiger partial charge in [-0.15, -0.1) is 5.10 Å². The third kappa shape index (κ3) is 2.28. The lowest BCUT2D eigenvalue weighted by Gasteiger charge is -2.05. The first kappa shape index (κ1) is 12.0. The summed E-state index contributed by atoms with van der Waals surface area (Å²) in [5, 5.41) is 7.36. The van der Waals surface area contributed by atoms with Crippen molar-refractivity contribution >= 4 is 26.0 Å². The molecular formula is C8H13BrN4O2S. The van der Waals surface area contributed by atoms with Crippen LogP contribution in [0, 0.1) is 11.8 Å². The van der Waals surface area contributed by atoms with E-state index in [9.17, 15) is 8.42 Å². The molecule has 16 heavy (non-hydrogen) atoms. The fourth-order valence-corrected chi connectivity index (χ4v) is 3.76. The van der Waals surface area contributed by atoms with E-state index in [2.05, 4.69) is 37.9 Å². The second-order valence-electron chi connectivity index (χ2n) is 4.13. The number of halogens is 1. The first-order chi connectivity index (χ1) is 7.42. The van der Waals surface area contributed by atoms with Crippen LogP contribution >= 0.6 is 15.9 Å². The molecule has 1 saturated carbocycles. The Morgan fingerprint density at radius 1 is 1.62 bits per heavy atom. The zero-order valence-corrected chi connectivity index (χ0v) is 11.4. The lowest BCUT2D eigenvalue weighted by Crippen LogP contribution is -2.28. The van der Waals surface area contributed by atoms with Gasteiger partial charge in [0.2, 0.25) is 5.03 Å². The lowest BCUT2D eigenvalue weighted by molar-refractivity contribution is 0.555. The molecule has 1 N–H and O–H groups in total. The van der Waals surface area contributed by atoms with Crippen molar-refractivity contribution in [3.05, 3.63) is 4.60 Å². The molecule has 2 rings (SSSR count). The third-order valence-corrected chi connectivity index (χ3v) is 5.11. The summed E-state index contributed by atoms with van der Waals surface area (Å²) in [5.41, 5.74) is 0. The van der Waals surface area contributed by atoms with Crippen molar-refractivity contribution in [1.29, 1.82) is 0 Å². The van der Waals surface area contributed by atoms with Crippen LogP contribution in [0.4, 0.5) is 0 Å². The number of hydrogen-bond acceptors (Lipinski definition) is 4. The second kappa shape index (κ2) is 4.08. The van der Waals surface area contributed by atoms with E-state index < -0.39 is 10.0 Å². The van der Waals surface area contributed by atoms with Crippen LogP contribution in [0.1, 0.15) is 13.3 Å². The normalized spacial score (nSPS) is 24.7. The average molecular weight is 309 g/mol. The molecule has 0 amide bonds. The molecule has 1 aliphatic rings. The van der Waals surface area contributed by atoms with E-state index in [-0.39, 0.29) is 9.63 Å². The van der Waals surface area contributed by atoms with Crippen LogP contribution in [0.15, 0.2) is 9.63 Å². The summed E-state index contributed by atoms with van der Waals surface area (Å²) in [4.78, 5) is 0. The van der Waals surface area contributed by atoms with Crippen molar-refractivity contribution in [2.45, 2.75) is 18.4 Å². The largest absolute Gasteiger partial charge is 0.260 e.